The predicted octanol–water partition coefficient (Wildman–Crippen LogP) is 2.61. The maximum Gasteiger partial charge on any atom is 0.206 e. The van der Waals surface area contributed by atoms with E-state index in [0.29, 0.717) is 25.5 Å². The van der Waals surface area contributed by atoms with Crippen LogP contribution < -0.4 is 9.47 Å². The van der Waals surface area contributed by atoms with Crippen molar-refractivity contribution in [3.8, 4) is 11.5 Å². The highest BCUT2D eigenvalue weighted by atomic mass is 35.5. The molecule has 1 aliphatic rings. The Morgan fingerprint density at radius 1 is 1.03 bits per heavy atom. The number of sulfone groups is 1. The highest BCUT2D eigenvalue weighted by molar-refractivity contribution is 7.91. The summed E-state index contributed by atoms with van der Waals surface area (Å²) in [5.74, 6) is 0.613. The summed E-state index contributed by atoms with van der Waals surface area (Å²) in [4.78, 5) is 2.04. The Kier molecular flexibility index (Phi) is 10.1. The van der Waals surface area contributed by atoms with Crippen LogP contribution in [0, 0.1) is 0 Å². The number of benzene rings is 2. The van der Waals surface area contributed by atoms with Gasteiger partial charge in [0.05, 0.1) is 38.9 Å². The van der Waals surface area contributed by atoms with Crippen LogP contribution in [-0.4, -0.2) is 87.7 Å². The van der Waals surface area contributed by atoms with Gasteiger partial charge in [0.2, 0.25) is 15.9 Å². The molecule has 0 spiro atoms. The molecule has 1 saturated heterocycles. The van der Waals surface area contributed by atoms with Gasteiger partial charge in [0.25, 0.3) is 0 Å². The normalized spacial score (nSPS) is 16.7. The molecule has 34 heavy (non-hydrogen) atoms. The minimum Gasteiger partial charge on any atom is -0.491 e. The lowest BCUT2D eigenvalue weighted by atomic mass is 10.3. The highest BCUT2D eigenvalue weighted by Crippen LogP contribution is 2.37. The van der Waals surface area contributed by atoms with Gasteiger partial charge in [-0.1, -0.05) is 23.2 Å². The molecule has 1 heterocycles. The van der Waals surface area contributed by atoms with Gasteiger partial charge >= 0.3 is 0 Å². The lowest BCUT2D eigenvalue weighted by Gasteiger charge is -2.28. The first-order valence-electron chi connectivity index (χ1n) is 10.6. The number of halogens is 3. The van der Waals surface area contributed by atoms with Crippen LogP contribution in [0.25, 0.3) is 0 Å². The summed E-state index contributed by atoms with van der Waals surface area (Å²) in [6.45, 7) is 3.36. The SMILES string of the molecule is O=S(=O)(c1ccc(OCC(O)CN2CCOCC2)cc1)c1cc(Cl)c(OCC([OH2+])CCl)c(Cl)c1. The number of alkyl halides is 1. The van der Waals surface area contributed by atoms with Crippen LogP contribution in [0.3, 0.4) is 0 Å². The van der Waals surface area contributed by atoms with Crippen LogP contribution in [0.15, 0.2) is 46.2 Å². The second kappa shape index (κ2) is 12.6. The van der Waals surface area contributed by atoms with Gasteiger partial charge in [-0.3, -0.25) is 4.90 Å². The van der Waals surface area contributed by atoms with Gasteiger partial charge in [0.1, 0.15) is 18.5 Å². The smallest absolute Gasteiger partial charge is 0.206 e. The zero-order chi connectivity index (χ0) is 24.7. The fourth-order valence-electron chi connectivity index (χ4n) is 3.24. The Hall–Kier alpha value is -1.30. The van der Waals surface area contributed by atoms with E-state index >= 15 is 0 Å². The molecule has 12 heteroatoms. The molecule has 2 aromatic rings. The molecule has 188 valence electrons. The van der Waals surface area contributed by atoms with Gasteiger partial charge < -0.3 is 24.4 Å². The summed E-state index contributed by atoms with van der Waals surface area (Å²) >= 11 is 18.0. The van der Waals surface area contributed by atoms with Crippen molar-refractivity contribution in [2.24, 2.45) is 0 Å². The second-order valence-electron chi connectivity index (χ2n) is 7.73. The molecule has 8 nitrogen and oxygen atoms in total. The number of rotatable bonds is 11. The van der Waals surface area contributed by atoms with Gasteiger partial charge in [0.15, 0.2) is 12.4 Å². The summed E-state index contributed by atoms with van der Waals surface area (Å²) in [6, 6.07) is 8.38. The van der Waals surface area contributed by atoms with Gasteiger partial charge in [-0.15, -0.1) is 11.6 Å². The Bertz CT molecular complexity index is 1020. The van der Waals surface area contributed by atoms with Crippen molar-refractivity contribution in [3.63, 3.8) is 0 Å². The molecule has 0 aliphatic carbocycles. The van der Waals surface area contributed by atoms with E-state index in [-0.39, 0.29) is 44.7 Å². The van der Waals surface area contributed by atoms with Crippen molar-refractivity contribution in [3.05, 3.63) is 46.4 Å². The standard InChI is InChI=1S/C22H26Cl3NO7S/c23-11-15(27)13-33-22-20(24)9-19(10-21(22)25)34(29,30)18-3-1-17(2-4-18)32-14-16(28)12-26-5-7-31-8-6-26/h1-4,9-10,15-16,27-28H,5-8,11-14H2/p+1. The molecule has 2 atom stereocenters. The van der Waals surface area contributed by atoms with E-state index in [2.05, 4.69) is 4.90 Å². The first-order chi connectivity index (χ1) is 16.2. The Labute approximate surface area is 213 Å². The van der Waals surface area contributed by atoms with Gasteiger partial charge in [-0.2, -0.15) is 0 Å². The predicted molar refractivity (Wildman–Crippen MR) is 131 cm³/mol. The zero-order valence-electron chi connectivity index (χ0n) is 18.3. The van der Waals surface area contributed by atoms with Crippen molar-refractivity contribution < 1.29 is 32.8 Å². The Morgan fingerprint density at radius 2 is 1.65 bits per heavy atom. The average molecular weight is 556 g/mol. The molecule has 0 amide bonds. The molecule has 2 unspecified atom stereocenters. The highest BCUT2D eigenvalue weighted by Gasteiger charge is 2.23. The van der Waals surface area contributed by atoms with E-state index in [4.69, 9.17) is 54.1 Å². The lowest BCUT2D eigenvalue weighted by Crippen LogP contribution is -2.42. The maximum absolute atomic E-state index is 13.1. The van der Waals surface area contributed by atoms with E-state index in [9.17, 15) is 13.5 Å². The minimum absolute atomic E-state index is 0.0158. The number of aliphatic hydroxyl groups is 1. The number of aliphatic hydroxyl groups excluding tert-OH is 1. The van der Waals surface area contributed by atoms with Crippen molar-refractivity contribution in [2.75, 3.05) is 51.9 Å². The quantitative estimate of drug-likeness (QED) is 0.335. The monoisotopic (exact) mass is 554 g/mol. The number of ether oxygens (including phenoxy) is 3. The zero-order valence-corrected chi connectivity index (χ0v) is 21.3. The molecule has 1 fully saturated rings. The Morgan fingerprint density at radius 3 is 2.24 bits per heavy atom. The fourth-order valence-corrected chi connectivity index (χ4v) is 5.36. The third-order valence-corrected chi connectivity index (χ3v) is 7.73. The van der Waals surface area contributed by atoms with E-state index in [1.54, 1.807) is 0 Å². The molecule has 0 radical (unpaired) electrons. The second-order valence-corrected chi connectivity index (χ2v) is 10.8. The van der Waals surface area contributed by atoms with E-state index in [1.807, 2.05) is 0 Å². The number of hydrogen-bond acceptors (Lipinski definition) is 7. The summed E-state index contributed by atoms with van der Waals surface area (Å²) < 4.78 is 42.4. The van der Waals surface area contributed by atoms with Crippen LogP contribution in [0.5, 0.6) is 11.5 Å². The lowest BCUT2D eigenvalue weighted by molar-refractivity contribution is 0.00465. The molecule has 0 aromatic heterocycles. The topological polar surface area (TPSA) is 108 Å². The number of morpholine rings is 1. The summed E-state index contributed by atoms with van der Waals surface area (Å²) in [6.07, 6.45) is -1.35. The molecule has 0 saturated carbocycles. The number of β-amino-alcohol motifs (C(OH)–C–C–N with tert-alkyl or cyclic N) is 1. The Balaban J connectivity index is 1.63. The van der Waals surface area contributed by atoms with Crippen molar-refractivity contribution >= 4 is 44.6 Å². The van der Waals surface area contributed by atoms with E-state index in [1.165, 1.54) is 36.4 Å². The first-order valence-corrected chi connectivity index (χ1v) is 13.3. The molecule has 3 rings (SSSR count). The van der Waals surface area contributed by atoms with Crippen molar-refractivity contribution in [1.82, 2.24) is 4.90 Å². The van der Waals surface area contributed by atoms with Crippen LogP contribution in [-0.2, 0) is 14.6 Å². The van der Waals surface area contributed by atoms with E-state index < -0.39 is 22.0 Å². The van der Waals surface area contributed by atoms with Gasteiger partial charge in [-0.25, -0.2) is 8.42 Å². The minimum atomic E-state index is -3.91. The number of hydrogen-bond donors (Lipinski definition) is 1. The van der Waals surface area contributed by atoms with Gasteiger partial charge in [0, 0.05) is 19.6 Å². The average Bonchev–Trinajstić information content (AvgIpc) is 2.82. The summed E-state index contributed by atoms with van der Waals surface area (Å²) in [5.41, 5.74) is 0. The molecule has 2 aromatic carbocycles. The summed E-state index contributed by atoms with van der Waals surface area (Å²) in [7, 11) is -3.91. The maximum atomic E-state index is 13.1. The fraction of sp³-hybridized carbons (Fsp3) is 0.455. The molecular weight excluding hydrogens is 529 g/mol. The van der Waals surface area contributed by atoms with Crippen molar-refractivity contribution in [1.29, 1.82) is 0 Å². The molecule has 3 N–H and O–H groups in total. The van der Waals surface area contributed by atoms with Crippen LogP contribution >= 0.6 is 34.8 Å². The van der Waals surface area contributed by atoms with Crippen LogP contribution in [0.2, 0.25) is 10.0 Å². The van der Waals surface area contributed by atoms with Crippen molar-refractivity contribution in [2.45, 2.75) is 22.0 Å². The molecule has 1 aliphatic heterocycles. The third kappa shape index (κ3) is 7.35. The van der Waals surface area contributed by atoms with E-state index in [0.717, 1.165) is 13.1 Å². The van der Waals surface area contributed by atoms with Crippen LogP contribution in [0.1, 0.15) is 0 Å². The van der Waals surface area contributed by atoms with Crippen LogP contribution in [0.4, 0.5) is 0 Å². The molecular formula is C22H27Cl3NO7S+. The molecule has 0 bridgehead atoms. The number of nitrogens with zero attached hydrogens (tertiary/aromatic N) is 1. The summed E-state index contributed by atoms with van der Waals surface area (Å²) in [5, 5.41) is 17.9. The first kappa shape index (κ1) is 27.3. The third-order valence-electron chi connectivity index (χ3n) is 5.05. The largest absolute Gasteiger partial charge is 0.491 e. The van der Waals surface area contributed by atoms with Gasteiger partial charge in [-0.05, 0) is 36.4 Å².